The Labute approximate surface area is 240 Å². The van der Waals surface area contributed by atoms with Gasteiger partial charge in [0.15, 0.2) is 0 Å². The van der Waals surface area contributed by atoms with Gasteiger partial charge in [0.05, 0.1) is 18.4 Å². The molecular weight excluding hydrogens is 528 g/mol. The number of aryl methyl sites for hydroxylation is 2. The average molecular weight is 567 g/mol. The number of aromatic carboxylic acids is 1. The largest absolute Gasteiger partial charge is 0.478 e. The van der Waals surface area contributed by atoms with Gasteiger partial charge in [-0.05, 0) is 80.4 Å². The molecule has 214 valence electrons. The Morgan fingerprint density at radius 2 is 1.77 bits per heavy atom. The zero-order valence-electron chi connectivity index (χ0n) is 23.7. The number of rotatable bonds is 15. The van der Waals surface area contributed by atoms with Crippen LogP contribution in [0.3, 0.4) is 0 Å². The second-order valence-electron chi connectivity index (χ2n) is 9.99. The molecule has 9 nitrogen and oxygen atoms in total. The van der Waals surface area contributed by atoms with Gasteiger partial charge in [-0.1, -0.05) is 38.1 Å². The van der Waals surface area contributed by atoms with Crippen molar-refractivity contribution in [2.24, 2.45) is 5.92 Å². The third kappa shape index (κ3) is 9.53. The number of methoxy groups -OCH3 is 1. The zero-order chi connectivity index (χ0) is 29.1. The monoisotopic (exact) mass is 566 g/mol. The first-order valence-electron chi connectivity index (χ1n) is 13.3. The molecule has 0 aliphatic rings. The van der Waals surface area contributed by atoms with Gasteiger partial charge in [0.25, 0.3) is 0 Å². The van der Waals surface area contributed by atoms with Gasteiger partial charge >= 0.3 is 11.9 Å². The van der Waals surface area contributed by atoms with E-state index in [1.165, 1.54) is 19.1 Å². The van der Waals surface area contributed by atoms with Gasteiger partial charge in [-0.25, -0.2) is 9.78 Å². The van der Waals surface area contributed by atoms with E-state index in [4.69, 9.17) is 14.5 Å². The van der Waals surface area contributed by atoms with Gasteiger partial charge in [0.1, 0.15) is 6.61 Å². The number of carbonyl (C=O) groups is 2. The Kier molecular flexibility index (Phi) is 11.8. The van der Waals surface area contributed by atoms with Crippen molar-refractivity contribution in [1.82, 2.24) is 15.3 Å². The van der Waals surface area contributed by atoms with Crippen LogP contribution in [0.4, 0.5) is 5.95 Å². The quantitative estimate of drug-likeness (QED) is 0.116. The third-order valence-electron chi connectivity index (χ3n) is 6.19. The van der Waals surface area contributed by atoms with Crippen LogP contribution in [0.15, 0.2) is 53.4 Å². The minimum absolute atomic E-state index is 0.0702. The van der Waals surface area contributed by atoms with Gasteiger partial charge in [-0.3, -0.25) is 9.52 Å². The second kappa shape index (κ2) is 15.2. The molecule has 1 unspecified atom stereocenters. The molecule has 1 heterocycles. The summed E-state index contributed by atoms with van der Waals surface area (Å²) < 4.78 is 14.1. The number of benzene rings is 2. The summed E-state index contributed by atoms with van der Waals surface area (Å²) >= 11 is 1.23. The molecule has 0 aliphatic heterocycles. The predicted molar refractivity (Wildman–Crippen MR) is 158 cm³/mol. The second-order valence-corrected chi connectivity index (χ2v) is 10.9. The minimum Gasteiger partial charge on any atom is -0.478 e. The number of anilines is 1. The summed E-state index contributed by atoms with van der Waals surface area (Å²) in [5, 5.41) is 12.8. The molecule has 1 aromatic heterocycles. The normalized spacial score (nSPS) is 11.8. The number of aromatic nitrogens is 2. The highest BCUT2D eigenvalue weighted by Gasteiger charge is 2.16. The molecule has 0 aliphatic carbocycles. The zero-order valence-corrected chi connectivity index (χ0v) is 24.5. The molecule has 0 fully saturated rings. The van der Waals surface area contributed by atoms with E-state index in [1.54, 1.807) is 18.2 Å². The van der Waals surface area contributed by atoms with E-state index in [0.717, 1.165) is 33.7 Å². The van der Waals surface area contributed by atoms with Crippen molar-refractivity contribution >= 4 is 29.8 Å². The maximum Gasteiger partial charge on any atom is 0.335 e. The van der Waals surface area contributed by atoms with Gasteiger partial charge in [0, 0.05) is 29.0 Å². The number of ether oxygens (including phenoxy) is 2. The van der Waals surface area contributed by atoms with Crippen molar-refractivity contribution in [2.75, 3.05) is 25.0 Å². The van der Waals surface area contributed by atoms with Crippen LogP contribution >= 0.6 is 11.9 Å². The van der Waals surface area contributed by atoms with E-state index in [2.05, 4.69) is 28.9 Å². The molecule has 0 saturated carbocycles. The van der Waals surface area contributed by atoms with E-state index >= 15 is 0 Å². The summed E-state index contributed by atoms with van der Waals surface area (Å²) in [6, 6.07) is 14.7. The molecule has 0 saturated heterocycles. The summed E-state index contributed by atoms with van der Waals surface area (Å²) in [5.74, 6) is 0.0345. The van der Waals surface area contributed by atoms with Crippen LogP contribution in [0.2, 0.25) is 0 Å². The molecule has 40 heavy (non-hydrogen) atoms. The first-order chi connectivity index (χ1) is 19.2. The lowest BCUT2D eigenvalue weighted by molar-refractivity contribution is -0.140. The van der Waals surface area contributed by atoms with Gasteiger partial charge < -0.3 is 19.9 Å². The lowest BCUT2D eigenvalue weighted by Gasteiger charge is -2.21. The van der Waals surface area contributed by atoms with Crippen molar-refractivity contribution in [3.63, 3.8) is 0 Å². The van der Waals surface area contributed by atoms with Gasteiger partial charge in [-0.2, -0.15) is 4.98 Å². The molecule has 0 amide bonds. The molecule has 3 N–H and O–H groups in total. The minimum atomic E-state index is -0.985. The van der Waals surface area contributed by atoms with Crippen LogP contribution < -0.4 is 14.8 Å². The van der Waals surface area contributed by atoms with Crippen LogP contribution in [-0.4, -0.2) is 53.3 Å². The van der Waals surface area contributed by atoms with Crippen molar-refractivity contribution < 1.29 is 24.2 Å². The van der Waals surface area contributed by atoms with Crippen molar-refractivity contribution in [2.45, 2.75) is 57.9 Å². The fourth-order valence-electron chi connectivity index (χ4n) is 4.29. The molecule has 0 spiro atoms. The first-order valence-corrected chi connectivity index (χ1v) is 14.1. The number of hydrogen-bond acceptors (Lipinski definition) is 9. The molecule has 10 heteroatoms. The number of carbonyl (C=O) groups excluding carboxylic acids is 1. The highest BCUT2D eigenvalue weighted by Crippen LogP contribution is 2.30. The smallest absolute Gasteiger partial charge is 0.335 e. The highest BCUT2D eigenvalue weighted by molar-refractivity contribution is 8.00. The summed E-state index contributed by atoms with van der Waals surface area (Å²) in [4.78, 5) is 32.9. The first kappa shape index (κ1) is 30.9. The van der Waals surface area contributed by atoms with E-state index in [9.17, 15) is 14.7 Å². The lowest BCUT2D eigenvalue weighted by Crippen LogP contribution is -2.36. The molecule has 2 aromatic carbocycles. The highest BCUT2D eigenvalue weighted by atomic mass is 32.2. The van der Waals surface area contributed by atoms with Crippen molar-refractivity contribution in [3.05, 3.63) is 65.2 Å². The fraction of sp³-hybridized carbons (Fsp3) is 0.400. The number of carboxylic acid groups (broad SMARTS) is 1. The molecule has 0 radical (unpaired) electrons. The van der Waals surface area contributed by atoms with Crippen LogP contribution in [0.1, 0.15) is 54.6 Å². The Hall–Kier alpha value is -3.63. The summed E-state index contributed by atoms with van der Waals surface area (Å²) in [5.41, 5.74) is 4.12. The number of esters is 1. The molecular formula is C30H38N4O5S. The molecule has 1 atom stereocenters. The molecule has 3 rings (SSSR count). The standard InChI is InChI=1S/C30H38N4O5S/c1-19(2)15-23(31-14-8-13-27(35)38-5)18-39-26-17-25(28-20(3)9-6-10-21(28)4)32-30(33-26)34-40-24-12-7-11-22(16-24)29(36)37/h6-7,9-12,16-17,19,23,31H,8,13-15,18H2,1-5H3,(H,36,37)(H,32,33,34). The van der Waals surface area contributed by atoms with Crippen LogP contribution in [-0.2, 0) is 9.53 Å². The van der Waals surface area contributed by atoms with Gasteiger partial charge in [-0.15, -0.1) is 0 Å². The van der Waals surface area contributed by atoms with E-state index < -0.39 is 5.97 Å². The van der Waals surface area contributed by atoms with Crippen LogP contribution in [0, 0.1) is 19.8 Å². The van der Waals surface area contributed by atoms with Crippen molar-refractivity contribution in [3.8, 4) is 17.1 Å². The average Bonchev–Trinajstić information content (AvgIpc) is 2.92. The van der Waals surface area contributed by atoms with E-state index in [1.807, 2.05) is 44.2 Å². The third-order valence-corrected chi connectivity index (χ3v) is 6.96. The molecule has 0 bridgehead atoms. The maximum atomic E-state index is 11.4. The van der Waals surface area contributed by atoms with Crippen LogP contribution in [0.5, 0.6) is 5.88 Å². The number of hydrogen-bond donors (Lipinski definition) is 3. The number of nitrogens with one attached hydrogen (secondary N) is 2. The van der Waals surface area contributed by atoms with Crippen LogP contribution in [0.25, 0.3) is 11.3 Å². The number of carboxylic acids is 1. The van der Waals surface area contributed by atoms with E-state index in [-0.39, 0.29) is 17.6 Å². The summed E-state index contributed by atoms with van der Waals surface area (Å²) in [6.45, 7) is 9.47. The summed E-state index contributed by atoms with van der Waals surface area (Å²) in [7, 11) is 1.40. The van der Waals surface area contributed by atoms with Crippen molar-refractivity contribution in [1.29, 1.82) is 0 Å². The Bertz CT molecular complexity index is 1280. The SMILES string of the molecule is COC(=O)CCCNC(COc1cc(-c2c(C)cccc2C)nc(NSc2cccc(C(=O)O)c2)n1)CC(C)C. The summed E-state index contributed by atoms with van der Waals surface area (Å²) in [6.07, 6.45) is 1.94. The Balaban J connectivity index is 1.81. The predicted octanol–water partition coefficient (Wildman–Crippen LogP) is 5.91. The Morgan fingerprint density at radius 3 is 2.45 bits per heavy atom. The topological polar surface area (TPSA) is 123 Å². The van der Waals surface area contributed by atoms with Gasteiger partial charge in [0.2, 0.25) is 11.8 Å². The lowest BCUT2D eigenvalue weighted by atomic mass is 10.00. The molecule has 3 aromatic rings. The fourth-order valence-corrected chi connectivity index (χ4v) is 4.93. The maximum absolute atomic E-state index is 11.4. The number of nitrogens with zero attached hydrogens (tertiary/aromatic N) is 2. The van der Waals surface area contributed by atoms with E-state index in [0.29, 0.717) is 43.7 Å². The Morgan fingerprint density at radius 1 is 1.05 bits per heavy atom.